The number of hydrogen-bond acceptors (Lipinski definition) is 4. The number of sulfone groups is 1. The van der Waals surface area contributed by atoms with Crippen LogP contribution in [-0.4, -0.2) is 67.2 Å². The molecule has 0 N–H and O–H groups in total. The molecule has 2 aliphatic heterocycles. The van der Waals surface area contributed by atoms with Crippen molar-refractivity contribution in [3.63, 3.8) is 0 Å². The number of hydrogen-bond donors (Lipinski definition) is 0. The van der Waals surface area contributed by atoms with Crippen molar-refractivity contribution in [1.29, 1.82) is 0 Å². The maximum Gasteiger partial charge on any atom is 0.253 e. The smallest absolute Gasteiger partial charge is 0.253 e. The molecule has 0 radical (unpaired) electrons. The summed E-state index contributed by atoms with van der Waals surface area (Å²) in [7, 11) is -3.02. The molecule has 2 amide bonds. The first-order valence-electron chi connectivity index (χ1n) is 9.36. The Morgan fingerprint density at radius 2 is 1.78 bits per heavy atom. The lowest BCUT2D eigenvalue weighted by Gasteiger charge is -2.36. The van der Waals surface area contributed by atoms with Crippen molar-refractivity contribution in [2.45, 2.75) is 32.2 Å². The zero-order valence-corrected chi connectivity index (χ0v) is 17.0. The summed E-state index contributed by atoms with van der Waals surface area (Å²) in [6.07, 6.45) is 1.73. The van der Waals surface area contributed by atoms with Gasteiger partial charge in [0.15, 0.2) is 9.84 Å². The van der Waals surface area contributed by atoms with Crippen molar-refractivity contribution in [3.05, 3.63) is 34.9 Å². The second-order valence-corrected chi connectivity index (χ2v) is 9.92. The number of piperidine rings is 1. The van der Waals surface area contributed by atoms with E-state index >= 15 is 0 Å². The Kier molecular flexibility index (Phi) is 6.11. The van der Waals surface area contributed by atoms with Gasteiger partial charge in [0, 0.05) is 42.2 Å². The van der Waals surface area contributed by atoms with Crippen LogP contribution in [0.15, 0.2) is 24.3 Å². The highest BCUT2D eigenvalue weighted by atomic mass is 35.5. The number of benzene rings is 1. The van der Waals surface area contributed by atoms with Crippen LogP contribution in [0.3, 0.4) is 0 Å². The van der Waals surface area contributed by atoms with Gasteiger partial charge >= 0.3 is 0 Å². The fraction of sp³-hybridized carbons (Fsp3) is 0.579. The molecule has 148 valence electrons. The molecular weight excluding hydrogens is 388 g/mol. The summed E-state index contributed by atoms with van der Waals surface area (Å²) in [6.45, 7) is 3.46. The van der Waals surface area contributed by atoms with Gasteiger partial charge < -0.3 is 9.80 Å². The number of likely N-dealkylation sites (tertiary alicyclic amines) is 1. The second-order valence-electron chi connectivity index (χ2n) is 7.25. The topological polar surface area (TPSA) is 74.8 Å². The molecule has 2 heterocycles. The first kappa shape index (κ1) is 20.1. The molecule has 3 rings (SSSR count). The monoisotopic (exact) mass is 412 g/mol. The van der Waals surface area contributed by atoms with Crippen molar-refractivity contribution in [1.82, 2.24) is 9.80 Å². The van der Waals surface area contributed by atoms with Gasteiger partial charge in [-0.2, -0.15) is 0 Å². The van der Waals surface area contributed by atoms with Gasteiger partial charge in [0.25, 0.3) is 5.91 Å². The summed E-state index contributed by atoms with van der Waals surface area (Å²) in [5, 5.41) is 0.587. The van der Waals surface area contributed by atoms with E-state index in [1.165, 1.54) is 0 Å². The highest BCUT2D eigenvalue weighted by Gasteiger charge is 2.37. The van der Waals surface area contributed by atoms with E-state index < -0.39 is 9.84 Å². The number of amides is 2. The Morgan fingerprint density at radius 3 is 2.30 bits per heavy atom. The van der Waals surface area contributed by atoms with E-state index in [9.17, 15) is 18.0 Å². The fourth-order valence-electron chi connectivity index (χ4n) is 3.95. The van der Waals surface area contributed by atoms with Gasteiger partial charge in [-0.1, -0.05) is 11.6 Å². The minimum Gasteiger partial charge on any atom is -0.339 e. The number of halogens is 1. The zero-order valence-electron chi connectivity index (χ0n) is 15.4. The standard InChI is InChI=1S/C19H25ClN2O4S/c1-2-22(17-9-12-27(25,26)13-17)19(24)15-7-10-21(11-8-15)18(23)14-3-5-16(20)6-4-14/h3-6,15,17H,2,7-13H2,1H3/t17-/m1/s1. The summed E-state index contributed by atoms with van der Waals surface area (Å²) >= 11 is 5.87. The van der Waals surface area contributed by atoms with E-state index in [-0.39, 0.29) is 35.3 Å². The Balaban J connectivity index is 1.58. The lowest BCUT2D eigenvalue weighted by Crippen LogP contribution is -2.48. The molecule has 6 nitrogen and oxygen atoms in total. The summed E-state index contributed by atoms with van der Waals surface area (Å²) in [4.78, 5) is 29.0. The normalized spacial score (nSPS) is 22.6. The molecule has 2 aliphatic rings. The lowest BCUT2D eigenvalue weighted by molar-refractivity contribution is -0.138. The summed E-state index contributed by atoms with van der Waals surface area (Å²) in [6, 6.07) is 6.60. The van der Waals surface area contributed by atoms with Crippen LogP contribution in [0.2, 0.25) is 5.02 Å². The minimum atomic E-state index is -3.02. The molecule has 0 bridgehead atoms. The molecule has 1 aromatic rings. The molecule has 0 spiro atoms. The fourth-order valence-corrected chi connectivity index (χ4v) is 5.81. The average Bonchev–Trinajstić information content (AvgIpc) is 3.02. The second kappa shape index (κ2) is 8.19. The third-order valence-electron chi connectivity index (χ3n) is 5.50. The Morgan fingerprint density at radius 1 is 1.15 bits per heavy atom. The number of nitrogens with zero attached hydrogens (tertiary/aromatic N) is 2. The highest BCUT2D eigenvalue weighted by molar-refractivity contribution is 7.91. The third-order valence-corrected chi connectivity index (χ3v) is 7.50. The number of carbonyl (C=O) groups is 2. The lowest BCUT2D eigenvalue weighted by atomic mass is 9.94. The Labute approximate surface area is 165 Å². The molecule has 27 heavy (non-hydrogen) atoms. The molecule has 0 aliphatic carbocycles. The molecule has 0 saturated carbocycles. The van der Waals surface area contributed by atoms with Crippen LogP contribution >= 0.6 is 11.6 Å². The molecule has 1 atom stereocenters. The van der Waals surface area contributed by atoms with Crippen LogP contribution in [0.1, 0.15) is 36.5 Å². The number of carbonyl (C=O) groups excluding carboxylic acids is 2. The van der Waals surface area contributed by atoms with Crippen molar-refractivity contribution in [3.8, 4) is 0 Å². The predicted molar refractivity (Wildman–Crippen MR) is 105 cm³/mol. The summed E-state index contributed by atoms with van der Waals surface area (Å²) in [5.74, 6) is 0.0585. The quantitative estimate of drug-likeness (QED) is 0.760. The molecule has 1 aromatic carbocycles. The van der Waals surface area contributed by atoms with E-state index in [1.54, 1.807) is 34.1 Å². The number of rotatable bonds is 4. The summed E-state index contributed by atoms with van der Waals surface area (Å²) < 4.78 is 23.5. The predicted octanol–water partition coefficient (Wildman–Crippen LogP) is 2.23. The average molecular weight is 413 g/mol. The molecule has 2 saturated heterocycles. The van der Waals surface area contributed by atoms with Crippen LogP contribution in [0, 0.1) is 5.92 Å². The first-order chi connectivity index (χ1) is 12.8. The SMILES string of the molecule is CCN(C(=O)C1CCN(C(=O)c2ccc(Cl)cc2)CC1)[C@@H]1CCS(=O)(=O)C1. The van der Waals surface area contributed by atoms with Crippen molar-refractivity contribution < 1.29 is 18.0 Å². The maximum atomic E-state index is 12.9. The molecule has 0 unspecified atom stereocenters. The third kappa shape index (κ3) is 4.63. The van der Waals surface area contributed by atoms with Gasteiger partial charge in [0.1, 0.15) is 0 Å². The van der Waals surface area contributed by atoms with Crippen LogP contribution in [0.4, 0.5) is 0 Å². The van der Waals surface area contributed by atoms with Crippen molar-refractivity contribution in [2.24, 2.45) is 5.92 Å². The van der Waals surface area contributed by atoms with Gasteiger partial charge in [-0.25, -0.2) is 8.42 Å². The van der Waals surface area contributed by atoms with Crippen molar-refractivity contribution in [2.75, 3.05) is 31.1 Å². The van der Waals surface area contributed by atoms with E-state index in [4.69, 9.17) is 11.6 Å². The molecule has 8 heteroatoms. The van der Waals surface area contributed by atoms with E-state index in [0.29, 0.717) is 49.5 Å². The van der Waals surface area contributed by atoms with Gasteiger partial charge in [0.2, 0.25) is 5.91 Å². The van der Waals surface area contributed by atoms with Gasteiger partial charge in [-0.15, -0.1) is 0 Å². The van der Waals surface area contributed by atoms with Crippen LogP contribution < -0.4 is 0 Å². The van der Waals surface area contributed by atoms with Crippen LogP contribution in [0.5, 0.6) is 0 Å². The van der Waals surface area contributed by atoms with E-state index in [0.717, 1.165) is 0 Å². The largest absolute Gasteiger partial charge is 0.339 e. The van der Waals surface area contributed by atoms with Gasteiger partial charge in [-0.3, -0.25) is 9.59 Å². The Hall–Kier alpha value is -1.60. The van der Waals surface area contributed by atoms with Gasteiger partial charge in [-0.05, 0) is 50.5 Å². The molecule has 0 aromatic heterocycles. The van der Waals surface area contributed by atoms with Crippen molar-refractivity contribution >= 4 is 33.3 Å². The Bertz CT molecular complexity index is 802. The molecular formula is C19H25ClN2O4S. The highest BCUT2D eigenvalue weighted by Crippen LogP contribution is 2.25. The summed E-state index contributed by atoms with van der Waals surface area (Å²) in [5.41, 5.74) is 0.593. The van der Waals surface area contributed by atoms with Gasteiger partial charge in [0.05, 0.1) is 11.5 Å². The molecule has 2 fully saturated rings. The zero-order chi connectivity index (χ0) is 19.6. The van der Waals surface area contributed by atoms with Crippen LogP contribution in [0.25, 0.3) is 0 Å². The first-order valence-corrected chi connectivity index (χ1v) is 11.6. The van der Waals surface area contributed by atoms with E-state index in [2.05, 4.69) is 0 Å². The maximum absolute atomic E-state index is 12.9. The van der Waals surface area contributed by atoms with Crippen LogP contribution in [-0.2, 0) is 14.6 Å². The minimum absolute atomic E-state index is 0.0261. The van der Waals surface area contributed by atoms with E-state index in [1.807, 2.05) is 6.92 Å².